The number of hydrogen-bond acceptors (Lipinski definition) is 11. The van der Waals surface area contributed by atoms with Crippen LogP contribution < -0.4 is 11.5 Å². The normalized spacial score (nSPS) is 10.2. The third-order valence-electron chi connectivity index (χ3n) is 10.5. The smallest absolute Gasteiger partial charge is 0.153 e. The van der Waals surface area contributed by atoms with Crippen LogP contribution in [0.4, 0.5) is 11.4 Å². The molecule has 388 valence electrons. The predicted octanol–water partition coefficient (Wildman–Crippen LogP) is 10.8. The number of fused-ring (bicyclic) bond motifs is 6. The zero-order valence-electron chi connectivity index (χ0n) is 42.0. The number of anilines is 2. The van der Waals surface area contributed by atoms with E-state index in [1.807, 2.05) is 106 Å². The maximum Gasteiger partial charge on any atom is 0.153 e. The van der Waals surface area contributed by atoms with Gasteiger partial charge in [-0.25, -0.2) is 0 Å². The number of nitrogens with zero attached hydrogens (tertiary/aromatic N) is 4. The van der Waals surface area contributed by atoms with Gasteiger partial charge in [0.25, 0.3) is 0 Å². The summed E-state index contributed by atoms with van der Waals surface area (Å²) in [5.74, 6) is -0.0608. The number of aldehydes is 2. The van der Waals surface area contributed by atoms with Crippen molar-refractivity contribution < 1.29 is 69.4 Å². The number of halogens is 2. The Labute approximate surface area is 460 Å². The number of nitrogens with two attached hydrogens (primary N) is 2. The second-order valence-electron chi connectivity index (χ2n) is 18.6. The molecule has 1 aromatic heterocycles. The first-order valence-electron chi connectivity index (χ1n) is 21.6. The molecule has 0 aliphatic rings. The Kier molecular flexibility index (Phi) is 29.8. The first-order chi connectivity index (χ1) is 32.6. The van der Waals surface area contributed by atoms with Crippen molar-refractivity contribution in [1.82, 2.24) is 19.9 Å². The van der Waals surface area contributed by atoms with E-state index in [2.05, 4.69) is 78.7 Å². The van der Waals surface area contributed by atoms with Crippen LogP contribution in [0.25, 0.3) is 43.6 Å². The molecule has 0 spiro atoms. The van der Waals surface area contributed by atoms with Crippen molar-refractivity contribution in [2.24, 2.45) is 0 Å². The van der Waals surface area contributed by atoms with Crippen molar-refractivity contribution in [3.8, 4) is 17.2 Å². The first kappa shape index (κ1) is 69.1. The molecule has 7 aromatic rings. The number of rotatable bonds is 2. The first-order valence-corrected chi connectivity index (χ1v) is 22.7. The fourth-order valence-corrected chi connectivity index (χ4v) is 6.34. The average molecular weight is 1120 g/mol. The Morgan fingerprint density at radius 1 is 0.438 bits per heavy atom. The zero-order valence-corrected chi connectivity index (χ0v) is 45.6. The molecular formula is C54H62B2Cl2Co2N6O7. The Morgan fingerprint density at radius 3 is 0.863 bits per heavy atom. The number of phenols is 3. The van der Waals surface area contributed by atoms with Gasteiger partial charge in [-0.05, 0) is 106 Å². The van der Waals surface area contributed by atoms with Crippen molar-refractivity contribution in [2.45, 2.75) is 78.6 Å². The summed E-state index contributed by atoms with van der Waals surface area (Å²) in [6.45, 7) is 18.7. The van der Waals surface area contributed by atoms with Gasteiger partial charge >= 0.3 is 0 Å². The molecule has 0 atom stereocenters. The maximum absolute atomic E-state index is 11.3. The van der Waals surface area contributed by atoms with Gasteiger partial charge in [-0.3, -0.25) is 29.5 Å². The van der Waals surface area contributed by atoms with Gasteiger partial charge in [0, 0.05) is 117 Å². The van der Waals surface area contributed by atoms with Crippen LogP contribution in [0.1, 0.15) is 99.7 Å². The van der Waals surface area contributed by atoms with Crippen molar-refractivity contribution in [3.05, 3.63) is 162 Å². The molecule has 7 rings (SSSR count). The molecule has 73 heavy (non-hydrogen) atoms. The van der Waals surface area contributed by atoms with Gasteiger partial charge < -0.3 is 37.7 Å². The summed E-state index contributed by atoms with van der Waals surface area (Å²) in [7, 11) is 16.2. The minimum Gasteiger partial charge on any atom is -0.507 e. The van der Waals surface area contributed by atoms with Crippen molar-refractivity contribution in [1.29, 1.82) is 0 Å². The molecule has 6 aromatic carbocycles. The second-order valence-corrected chi connectivity index (χ2v) is 18.6. The summed E-state index contributed by atoms with van der Waals surface area (Å²) >= 11 is 0. The molecule has 19 heteroatoms. The molecule has 0 unspecified atom stereocenters. The van der Waals surface area contributed by atoms with E-state index < -0.39 is 0 Å². The van der Waals surface area contributed by atoms with E-state index in [0.29, 0.717) is 67.6 Å². The molecule has 0 aliphatic heterocycles. The molecule has 11 N–H and O–H groups in total. The molecule has 0 aliphatic carbocycles. The number of para-hydroxylation sites is 6. The minimum absolute atomic E-state index is 0. The van der Waals surface area contributed by atoms with Gasteiger partial charge in [-0.1, -0.05) is 98.7 Å². The monoisotopic (exact) mass is 1120 g/mol. The van der Waals surface area contributed by atoms with Crippen LogP contribution in [0, 0.1) is 0 Å². The Hall–Kier alpha value is -6.02. The minimum atomic E-state index is -0.243. The summed E-state index contributed by atoms with van der Waals surface area (Å²) in [6, 6.07) is 33.3. The summed E-state index contributed by atoms with van der Waals surface area (Å²) < 4.78 is 0. The number of phenolic OH excluding ortho intramolecular Hbond substituents is 3. The Balaban J connectivity index is 0. The number of hydrogen-bond donors (Lipinski definition) is 5. The van der Waals surface area contributed by atoms with Crippen LogP contribution in [0.15, 0.2) is 134 Å². The average Bonchev–Trinajstić information content (AvgIpc) is 3.32. The molecule has 0 saturated carbocycles. The molecule has 6 radical (unpaired) electrons. The third-order valence-corrected chi connectivity index (χ3v) is 10.5. The summed E-state index contributed by atoms with van der Waals surface area (Å²) in [5, 5.41) is 34.4. The number of aromatic nitrogens is 4. The van der Waals surface area contributed by atoms with E-state index in [4.69, 9.17) is 31.4 Å². The number of nitrogen functional groups attached to an aromatic ring is 2. The van der Waals surface area contributed by atoms with Gasteiger partial charge in [-0.2, -0.15) is 0 Å². The van der Waals surface area contributed by atoms with Gasteiger partial charge in [0.2, 0.25) is 0 Å². The Morgan fingerprint density at radius 2 is 0.658 bits per heavy atom. The standard InChI is InChI=1S/C36H36N4O2.C12H14O3.C6H8N2.B2.Cl2.2Co.2H2O/c1-35(2,3)27-15-23-19-37-29-11-7-9-13-31(29)39-21-25-17-28(36(4,5)6)18-26(34(25)42)22-40-32-14-10-8-12-30(32)38-20-24(16-27)33(23)41;1-12(2,3)10-4-8(6-13)11(15)9(5-10)7-14;7-5-3-1-2-4-6(5)8;2*1-2;;;;/h7-22,41-42H,1-6H3;4-7,15H,1-3H3;1-4H,7-8H2;;;;;2*1H2. The van der Waals surface area contributed by atoms with Crippen LogP contribution in [0.5, 0.6) is 17.2 Å². The summed E-state index contributed by atoms with van der Waals surface area (Å²) in [5.41, 5.74) is 17.4. The van der Waals surface area contributed by atoms with E-state index in [0.717, 1.165) is 16.7 Å². The van der Waals surface area contributed by atoms with E-state index in [-0.39, 0.29) is 89.1 Å². The van der Waals surface area contributed by atoms with E-state index in [1.165, 1.54) is 0 Å². The maximum atomic E-state index is 11.3. The number of carbonyl (C=O) groups is 2. The van der Waals surface area contributed by atoms with Crippen LogP contribution in [-0.4, -0.2) is 74.3 Å². The topological polar surface area (TPSA) is 261 Å². The van der Waals surface area contributed by atoms with Gasteiger partial charge in [0.1, 0.15) is 17.2 Å². The van der Waals surface area contributed by atoms with E-state index >= 15 is 0 Å². The van der Waals surface area contributed by atoms with Crippen LogP contribution in [-0.2, 0) is 49.8 Å². The SMILES string of the molecule is CC(C)(C)c1cc(C=O)c(O)c(C=O)c1.CC(C)(C)c1cc2cnc3ccccc3ncc3cc(C(C)(C)C)cc(cnc4ccccc4ncc(c1)c2O)c3O.ClCl.Nc1ccccc1N.O.O.[B][B].[Co].[Co]. The van der Waals surface area contributed by atoms with E-state index in [1.54, 1.807) is 49.1 Å². The molecular weight excluding hydrogens is 1060 g/mol. The van der Waals surface area contributed by atoms with Gasteiger partial charge in [-0.15, -0.1) is 0 Å². The number of aromatic hydroxyl groups is 3. The van der Waals surface area contributed by atoms with Gasteiger partial charge in [0.15, 0.2) is 12.6 Å². The van der Waals surface area contributed by atoms with Crippen molar-refractivity contribution >= 4 is 105 Å². The Bertz CT molecular complexity index is 2780. The predicted molar refractivity (Wildman–Crippen MR) is 296 cm³/mol. The van der Waals surface area contributed by atoms with Crippen molar-refractivity contribution in [2.75, 3.05) is 11.5 Å². The molecule has 4 bridgehead atoms. The molecule has 0 saturated heterocycles. The number of benzene rings is 6. The largest absolute Gasteiger partial charge is 0.507 e. The molecule has 1 heterocycles. The van der Waals surface area contributed by atoms with Crippen LogP contribution in [0.3, 0.4) is 0 Å². The fraction of sp³-hybridized carbons (Fsp3) is 0.222. The second kappa shape index (κ2) is 31.5. The summed E-state index contributed by atoms with van der Waals surface area (Å²) in [4.78, 5) is 40.3. The fourth-order valence-electron chi connectivity index (χ4n) is 6.34. The zero-order chi connectivity index (χ0) is 51.7. The van der Waals surface area contributed by atoms with Crippen molar-refractivity contribution in [3.63, 3.8) is 0 Å². The quantitative estimate of drug-likeness (QED) is 0.0617. The summed E-state index contributed by atoms with van der Waals surface area (Å²) in [6.07, 6.45) is 7.75. The molecule has 0 amide bonds. The van der Waals surface area contributed by atoms with Gasteiger partial charge in [0.05, 0.1) is 44.6 Å². The molecule has 13 nitrogen and oxygen atoms in total. The number of carbonyl (C=O) groups excluding carboxylic acids is 2. The third kappa shape index (κ3) is 19.7. The van der Waals surface area contributed by atoms with E-state index in [9.17, 15) is 24.9 Å². The van der Waals surface area contributed by atoms with Crippen LogP contribution >= 0.6 is 21.7 Å². The molecule has 0 fully saturated rings. The van der Waals surface area contributed by atoms with Crippen LogP contribution in [0.2, 0.25) is 0 Å².